The molecule has 108 valence electrons. The van der Waals surface area contributed by atoms with Gasteiger partial charge in [0, 0.05) is 19.0 Å². The van der Waals surface area contributed by atoms with Crippen LogP contribution in [0.3, 0.4) is 0 Å². The Balaban J connectivity index is 2.18. The molecule has 20 heavy (non-hydrogen) atoms. The fourth-order valence-corrected chi connectivity index (χ4v) is 1.86. The van der Waals surface area contributed by atoms with Crippen molar-refractivity contribution in [2.45, 2.75) is 12.8 Å². The van der Waals surface area contributed by atoms with Crippen LogP contribution in [0.2, 0.25) is 0 Å². The minimum absolute atomic E-state index is 0.00566. The van der Waals surface area contributed by atoms with Gasteiger partial charge in [-0.05, 0) is 6.42 Å². The normalized spacial score (nSPS) is 18.6. The average Bonchev–Trinajstić information content (AvgIpc) is 2.42. The first kappa shape index (κ1) is 14.3. The second-order valence-corrected chi connectivity index (χ2v) is 4.37. The highest BCUT2D eigenvalue weighted by Gasteiger charge is 2.27. The average molecular weight is 290 g/mol. The second-order valence-electron chi connectivity index (χ2n) is 4.37. The van der Waals surface area contributed by atoms with Crippen molar-refractivity contribution >= 4 is 17.5 Å². The number of hydrogen-bond donors (Lipinski definition) is 2. The number of amides is 2. The first-order chi connectivity index (χ1) is 9.40. The van der Waals surface area contributed by atoms with Crippen LogP contribution in [-0.4, -0.2) is 18.4 Å². The molecule has 0 bridgehead atoms. The van der Waals surface area contributed by atoms with Crippen LogP contribution < -0.4 is 10.6 Å². The maximum absolute atomic E-state index is 13.4. The first-order valence-corrected chi connectivity index (χ1v) is 5.80. The van der Waals surface area contributed by atoms with Gasteiger partial charge in [0.05, 0.1) is 5.92 Å². The predicted octanol–water partition coefficient (Wildman–Crippen LogP) is 1.71. The Hall–Kier alpha value is -2.12. The number of rotatable bonds is 2. The largest absolute Gasteiger partial charge is 0.355 e. The van der Waals surface area contributed by atoms with E-state index in [1.807, 2.05) is 5.32 Å². The van der Waals surface area contributed by atoms with Gasteiger partial charge in [-0.3, -0.25) is 9.59 Å². The van der Waals surface area contributed by atoms with Crippen molar-refractivity contribution in [2.75, 3.05) is 11.9 Å². The topological polar surface area (TPSA) is 58.2 Å². The third-order valence-electron chi connectivity index (χ3n) is 3.00. The monoisotopic (exact) mass is 290 g/mol. The molecule has 1 aromatic rings. The molecule has 1 aliphatic heterocycles. The summed E-state index contributed by atoms with van der Waals surface area (Å²) in [5.74, 6) is -8.30. The highest BCUT2D eigenvalue weighted by Crippen LogP contribution is 2.25. The fourth-order valence-electron chi connectivity index (χ4n) is 1.86. The molecule has 1 aliphatic rings. The summed E-state index contributed by atoms with van der Waals surface area (Å²) in [6.45, 7) is 0.00566. The summed E-state index contributed by atoms with van der Waals surface area (Å²) >= 11 is 0. The minimum Gasteiger partial charge on any atom is -0.355 e. The van der Waals surface area contributed by atoms with Gasteiger partial charge in [-0.1, -0.05) is 0 Å². The number of piperidine rings is 1. The molecule has 0 aliphatic carbocycles. The van der Waals surface area contributed by atoms with Crippen LogP contribution in [-0.2, 0) is 9.59 Å². The zero-order valence-corrected chi connectivity index (χ0v) is 10.1. The molecule has 2 N–H and O–H groups in total. The van der Waals surface area contributed by atoms with Crippen LogP contribution in [0, 0.1) is 29.2 Å². The Bertz CT molecular complexity index is 541. The number of halogens is 4. The molecule has 2 amide bonds. The number of hydrogen-bond acceptors (Lipinski definition) is 2. The Morgan fingerprint density at radius 2 is 1.80 bits per heavy atom. The minimum atomic E-state index is -1.67. The molecule has 0 spiro atoms. The Morgan fingerprint density at radius 3 is 2.30 bits per heavy atom. The second kappa shape index (κ2) is 5.48. The molecule has 0 saturated carbocycles. The van der Waals surface area contributed by atoms with E-state index in [1.54, 1.807) is 0 Å². The van der Waals surface area contributed by atoms with Gasteiger partial charge in [-0.25, -0.2) is 17.6 Å². The molecule has 8 heteroatoms. The SMILES string of the molecule is O=C1CCC(C(=O)Nc2c(F)c(F)cc(F)c2F)CN1. The number of anilines is 1. The summed E-state index contributed by atoms with van der Waals surface area (Å²) in [5, 5.41) is 4.24. The number of carbonyl (C=O) groups is 2. The van der Waals surface area contributed by atoms with Crippen LogP contribution in [0.4, 0.5) is 23.2 Å². The standard InChI is InChI=1S/C12H10F4N2O2/c13-6-3-7(14)10(16)11(9(6)15)18-12(20)5-1-2-8(19)17-4-5/h3,5H,1-2,4H2,(H,17,19)(H,18,20). The lowest BCUT2D eigenvalue weighted by Crippen LogP contribution is -2.40. The molecule has 4 nitrogen and oxygen atoms in total. The molecule has 1 atom stereocenters. The maximum Gasteiger partial charge on any atom is 0.229 e. The highest BCUT2D eigenvalue weighted by molar-refractivity contribution is 5.94. The van der Waals surface area contributed by atoms with Gasteiger partial charge in [0.25, 0.3) is 0 Å². The summed E-state index contributed by atoms with van der Waals surface area (Å²) in [7, 11) is 0. The molecule has 1 fully saturated rings. The van der Waals surface area contributed by atoms with Crippen molar-refractivity contribution in [3.05, 3.63) is 29.3 Å². The van der Waals surface area contributed by atoms with Crippen molar-refractivity contribution < 1.29 is 27.2 Å². The van der Waals surface area contributed by atoms with E-state index in [0.717, 1.165) is 0 Å². The molecule has 2 rings (SSSR count). The maximum atomic E-state index is 13.4. The van der Waals surface area contributed by atoms with E-state index in [0.29, 0.717) is 0 Å². The van der Waals surface area contributed by atoms with Crippen molar-refractivity contribution in [1.29, 1.82) is 0 Å². The zero-order chi connectivity index (χ0) is 14.9. The lowest BCUT2D eigenvalue weighted by molar-refractivity contribution is -0.126. The Labute approximate surface area is 111 Å². The molecular weight excluding hydrogens is 280 g/mol. The summed E-state index contributed by atoms with van der Waals surface area (Å²) in [6.07, 6.45) is 0.291. The van der Waals surface area contributed by atoms with Crippen molar-refractivity contribution in [1.82, 2.24) is 5.32 Å². The summed E-state index contributed by atoms with van der Waals surface area (Å²) in [5.41, 5.74) is -1.16. The highest BCUT2D eigenvalue weighted by atomic mass is 19.2. The molecule has 0 aromatic heterocycles. The lowest BCUT2D eigenvalue weighted by atomic mass is 9.98. The van der Waals surface area contributed by atoms with E-state index >= 15 is 0 Å². The third-order valence-corrected chi connectivity index (χ3v) is 3.00. The van der Waals surface area contributed by atoms with Crippen LogP contribution in [0.15, 0.2) is 6.07 Å². The molecule has 1 unspecified atom stereocenters. The number of carbonyl (C=O) groups excluding carboxylic acids is 2. The smallest absolute Gasteiger partial charge is 0.229 e. The zero-order valence-electron chi connectivity index (χ0n) is 10.1. The van der Waals surface area contributed by atoms with Gasteiger partial charge < -0.3 is 10.6 Å². The Morgan fingerprint density at radius 1 is 1.20 bits per heavy atom. The quantitative estimate of drug-likeness (QED) is 0.643. The van der Waals surface area contributed by atoms with Gasteiger partial charge >= 0.3 is 0 Å². The van der Waals surface area contributed by atoms with Crippen molar-refractivity contribution in [2.24, 2.45) is 5.92 Å². The van der Waals surface area contributed by atoms with Gasteiger partial charge in [0.2, 0.25) is 11.8 Å². The Kier molecular flexibility index (Phi) is 3.91. The van der Waals surface area contributed by atoms with Crippen LogP contribution in [0.5, 0.6) is 0 Å². The van der Waals surface area contributed by atoms with E-state index in [4.69, 9.17) is 0 Å². The van der Waals surface area contributed by atoms with Gasteiger partial charge in [0.15, 0.2) is 23.3 Å². The van der Waals surface area contributed by atoms with Gasteiger partial charge in [-0.15, -0.1) is 0 Å². The third kappa shape index (κ3) is 2.73. The van der Waals surface area contributed by atoms with E-state index < -0.39 is 40.8 Å². The van der Waals surface area contributed by atoms with E-state index in [-0.39, 0.29) is 31.4 Å². The lowest BCUT2D eigenvalue weighted by Gasteiger charge is -2.21. The molecule has 0 radical (unpaired) electrons. The summed E-state index contributed by atoms with van der Waals surface area (Å²) in [6, 6.07) is 0.0567. The number of nitrogens with one attached hydrogen (secondary N) is 2. The van der Waals surface area contributed by atoms with E-state index in [9.17, 15) is 27.2 Å². The van der Waals surface area contributed by atoms with E-state index in [1.165, 1.54) is 0 Å². The summed E-state index contributed by atoms with van der Waals surface area (Å²) in [4.78, 5) is 22.7. The van der Waals surface area contributed by atoms with Gasteiger partial charge in [-0.2, -0.15) is 0 Å². The van der Waals surface area contributed by atoms with Crippen molar-refractivity contribution in [3.63, 3.8) is 0 Å². The fraction of sp³-hybridized carbons (Fsp3) is 0.333. The van der Waals surface area contributed by atoms with Crippen molar-refractivity contribution in [3.8, 4) is 0 Å². The first-order valence-electron chi connectivity index (χ1n) is 5.80. The molecule has 1 saturated heterocycles. The molecule has 1 heterocycles. The van der Waals surface area contributed by atoms with Crippen LogP contribution in [0.1, 0.15) is 12.8 Å². The van der Waals surface area contributed by atoms with E-state index in [2.05, 4.69) is 5.32 Å². The van der Waals surface area contributed by atoms with Crippen LogP contribution in [0.25, 0.3) is 0 Å². The summed E-state index contributed by atoms with van der Waals surface area (Å²) < 4.78 is 52.7. The molecule has 1 aromatic carbocycles. The van der Waals surface area contributed by atoms with Gasteiger partial charge in [0.1, 0.15) is 5.69 Å². The van der Waals surface area contributed by atoms with Crippen LogP contribution >= 0.6 is 0 Å². The number of benzene rings is 1. The predicted molar refractivity (Wildman–Crippen MR) is 60.6 cm³/mol. The molecular formula is C12H10F4N2O2.